The van der Waals surface area contributed by atoms with Gasteiger partial charge in [0.25, 0.3) is 0 Å². The number of aliphatic hydroxyl groups excluding tert-OH is 1. The van der Waals surface area contributed by atoms with Crippen LogP contribution < -0.4 is 10.2 Å². The first-order valence-corrected chi connectivity index (χ1v) is 7.54. The molecular weight excluding hydrogens is 294 g/mol. The van der Waals surface area contributed by atoms with E-state index < -0.39 is 12.0 Å². The van der Waals surface area contributed by atoms with E-state index in [1.807, 2.05) is 56.4 Å². The molecule has 1 heterocycles. The molecule has 7 heteroatoms. The Bertz CT molecular complexity index is 649. The van der Waals surface area contributed by atoms with E-state index in [4.69, 9.17) is 5.11 Å². The van der Waals surface area contributed by atoms with Crippen molar-refractivity contribution in [2.75, 3.05) is 25.5 Å². The smallest absolute Gasteiger partial charge is 0.248 e. The number of aromatic nitrogens is 3. The lowest BCUT2D eigenvalue weighted by molar-refractivity contribution is -0.128. The van der Waals surface area contributed by atoms with Gasteiger partial charge in [0.15, 0.2) is 0 Å². The third kappa shape index (κ3) is 4.29. The summed E-state index contributed by atoms with van der Waals surface area (Å²) in [4.78, 5) is 13.4. The van der Waals surface area contributed by atoms with Gasteiger partial charge >= 0.3 is 0 Å². The van der Waals surface area contributed by atoms with E-state index in [-0.39, 0.29) is 6.04 Å². The molecule has 1 aromatic heterocycles. The van der Waals surface area contributed by atoms with Gasteiger partial charge in [0.05, 0.1) is 12.2 Å². The molecule has 1 aromatic carbocycles. The molecule has 0 saturated carbocycles. The molecule has 0 spiro atoms. The normalized spacial score (nSPS) is 13.4. The predicted molar refractivity (Wildman–Crippen MR) is 89.2 cm³/mol. The zero-order valence-corrected chi connectivity index (χ0v) is 13.9. The minimum absolute atomic E-state index is 0.0556. The summed E-state index contributed by atoms with van der Waals surface area (Å²) in [5, 5.41) is 20.1. The van der Waals surface area contributed by atoms with Crippen molar-refractivity contribution in [1.29, 1.82) is 0 Å². The maximum Gasteiger partial charge on any atom is 0.248 e. The van der Waals surface area contributed by atoms with E-state index in [1.165, 1.54) is 6.92 Å². The summed E-state index contributed by atoms with van der Waals surface area (Å²) in [6.45, 7) is 3.74. The average molecular weight is 317 g/mol. The van der Waals surface area contributed by atoms with Gasteiger partial charge < -0.3 is 15.3 Å². The highest BCUT2D eigenvalue weighted by molar-refractivity contribution is 5.79. The van der Waals surface area contributed by atoms with Crippen molar-refractivity contribution < 1.29 is 9.90 Å². The van der Waals surface area contributed by atoms with Crippen molar-refractivity contribution in [2.24, 2.45) is 0 Å². The van der Waals surface area contributed by atoms with Gasteiger partial charge in [-0.15, -0.1) is 5.10 Å². The van der Waals surface area contributed by atoms with E-state index in [1.54, 1.807) is 4.68 Å². The van der Waals surface area contributed by atoms with Crippen LogP contribution in [0.25, 0.3) is 11.3 Å². The van der Waals surface area contributed by atoms with Crippen molar-refractivity contribution in [3.8, 4) is 11.3 Å². The number of nitrogens with one attached hydrogen (secondary N) is 1. The molecule has 2 rings (SSSR count). The summed E-state index contributed by atoms with van der Waals surface area (Å²) >= 11 is 0. The summed E-state index contributed by atoms with van der Waals surface area (Å²) < 4.78 is 1.71. The van der Waals surface area contributed by atoms with Gasteiger partial charge in [-0.1, -0.05) is 17.3 Å². The monoisotopic (exact) mass is 317 g/mol. The quantitative estimate of drug-likeness (QED) is 0.832. The molecule has 1 amide bonds. The van der Waals surface area contributed by atoms with Gasteiger partial charge in [0.2, 0.25) is 5.91 Å². The minimum atomic E-state index is -1.01. The molecule has 2 aromatic rings. The molecule has 0 fully saturated rings. The Hall–Kier alpha value is -2.41. The van der Waals surface area contributed by atoms with Crippen molar-refractivity contribution in [1.82, 2.24) is 20.3 Å². The first-order chi connectivity index (χ1) is 10.9. The van der Waals surface area contributed by atoms with Crippen LogP contribution in [-0.4, -0.2) is 52.8 Å². The lowest BCUT2D eigenvalue weighted by atomic mass is 10.1. The van der Waals surface area contributed by atoms with Crippen LogP contribution in [0.2, 0.25) is 0 Å². The van der Waals surface area contributed by atoms with Crippen molar-refractivity contribution in [3.05, 3.63) is 30.5 Å². The summed E-state index contributed by atoms with van der Waals surface area (Å²) in [7, 11) is 3.99. The Labute approximate surface area is 135 Å². The molecule has 0 bridgehead atoms. The standard InChI is InChI=1S/C16H23N5O2/c1-11(9-17-16(23)12(2)22)21-10-15(18-19-21)13-5-7-14(8-6-13)20(3)4/h5-8,10-12,22H,9H2,1-4H3,(H,17,23). The molecule has 0 saturated heterocycles. The molecule has 0 aliphatic carbocycles. The third-order valence-corrected chi connectivity index (χ3v) is 3.59. The molecular formula is C16H23N5O2. The topological polar surface area (TPSA) is 83.3 Å². The molecule has 23 heavy (non-hydrogen) atoms. The van der Waals surface area contributed by atoms with Crippen LogP contribution in [0, 0.1) is 0 Å². The fourth-order valence-electron chi connectivity index (χ4n) is 2.04. The zero-order valence-electron chi connectivity index (χ0n) is 13.9. The van der Waals surface area contributed by atoms with Crippen LogP contribution in [-0.2, 0) is 4.79 Å². The lowest BCUT2D eigenvalue weighted by Gasteiger charge is -2.13. The first-order valence-electron chi connectivity index (χ1n) is 7.54. The number of hydrogen-bond donors (Lipinski definition) is 2. The summed E-state index contributed by atoms with van der Waals surface area (Å²) in [5.74, 6) is -0.392. The number of rotatable bonds is 6. The van der Waals surface area contributed by atoms with Gasteiger partial charge in [-0.2, -0.15) is 0 Å². The molecule has 0 radical (unpaired) electrons. The van der Waals surface area contributed by atoms with Crippen LogP contribution in [0.5, 0.6) is 0 Å². The maximum absolute atomic E-state index is 11.4. The van der Waals surface area contributed by atoms with Crippen LogP contribution in [0.4, 0.5) is 5.69 Å². The van der Waals surface area contributed by atoms with Gasteiger partial charge in [-0.25, -0.2) is 4.68 Å². The maximum atomic E-state index is 11.4. The van der Waals surface area contributed by atoms with Gasteiger partial charge in [-0.3, -0.25) is 4.79 Å². The predicted octanol–water partition coefficient (Wildman–Crippen LogP) is 1.07. The molecule has 0 aliphatic heterocycles. The number of carbonyl (C=O) groups excluding carboxylic acids is 1. The van der Waals surface area contributed by atoms with E-state index in [9.17, 15) is 4.79 Å². The zero-order chi connectivity index (χ0) is 17.0. The van der Waals surface area contributed by atoms with Gasteiger partial charge in [0, 0.05) is 31.9 Å². The summed E-state index contributed by atoms with van der Waals surface area (Å²) in [6, 6.07) is 8.01. The average Bonchev–Trinajstić information content (AvgIpc) is 3.02. The summed E-state index contributed by atoms with van der Waals surface area (Å²) in [6.07, 6.45) is 0.841. The highest BCUT2D eigenvalue weighted by Crippen LogP contribution is 2.21. The van der Waals surface area contributed by atoms with E-state index in [2.05, 4.69) is 15.6 Å². The van der Waals surface area contributed by atoms with Crippen LogP contribution in [0.3, 0.4) is 0 Å². The number of hydrogen-bond acceptors (Lipinski definition) is 5. The Morgan fingerprint density at radius 1 is 1.30 bits per heavy atom. The van der Waals surface area contributed by atoms with Crippen molar-refractivity contribution in [3.63, 3.8) is 0 Å². The van der Waals surface area contributed by atoms with Gasteiger partial charge in [0.1, 0.15) is 11.8 Å². The minimum Gasteiger partial charge on any atom is -0.384 e. The molecule has 7 nitrogen and oxygen atoms in total. The highest BCUT2D eigenvalue weighted by atomic mass is 16.3. The number of nitrogens with zero attached hydrogens (tertiary/aromatic N) is 4. The number of amides is 1. The second-order valence-corrected chi connectivity index (χ2v) is 5.80. The number of carbonyl (C=O) groups is 1. The largest absolute Gasteiger partial charge is 0.384 e. The molecule has 124 valence electrons. The van der Waals surface area contributed by atoms with Crippen LogP contribution in [0.15, 0.2) is 30.5 Å². The lowest BCUT2D eigenvalue weighted by Crippen LogP contribution is -2.36. The van der Waals surface area contributed by atoms with Crippen molar-refractivity contribution >= 4 is 11.6 Å². The third-order valence-electron chi connectivity index (χ3n) is 3.59. The fourth-order valence-corrected chi connectivity index (χ4v) is 2.04. The second-order valence-electron chi connectivity index (χ2n) is 5.80. The highest BCUT2D eigenvalue weighted by Gasteiger charge is 2.13. The Morgan fingerprint density at radius 3 is 2.52 bits per heavy atom. The van der Waals surface area contributed by atoms with Crippen LogP contribution >= 0.6 is 0 Å². The fraction of sp³-hybridized carbons (Fsp3) is 0.438. The number of benzene rings is 1. The Kier molecular flexibility index (Phi) is 5.33. The Morgan fingerprint density at radius 2 is 1.96 bits per heavy atom. The summed E-state index contributed by atoms with van der Waals surface area (Å²) in [5.41, 5.74) is 2.89. The van der Waals surface area contributed by atoms with E-state index in [0.29, 0.717) is 6.54 Å². The van der Waals surface area contributed by atoms with E-state index >= 15 is 0 Å². The van der Waals surface area contributed by atoms with E-state index in [0.717, 1.165) is 16.9 Å². The number of anilines is 1. The van der Waals surface area contributed by atoms with Gasteiger partial charge in [-0.05, 0) is 26.0 Å². The Balaban J connectivity index is 2.03. The number of aliphatic hydroxyl groups is 1. The molecule has 2 atom stereocenters. The van der Waals surface area contributed by atoms with Crippen LogP contribution in [0.1, 0.15) is 19.9 Å². The molecule has 0 aliphatic rings. The SMILES string of the molecule is CC(O)C(=O)NCC(C)n1cc(-c2ccc(N(C)C)cc2)nn1. The second kappa shape index (κ2) is 7.23. The first kappa shape index (κ1) is 17.0. The molecule has 2 N–H and O–H groups in total. The van der Waals surface area contributed by atoms with Crippen molar-refractivity contribution in [2.45, 2.75) is 26.0 Å². The molecule has 2 unspecified atom stereocenters.